The van der Waals surface area contributed by atoms with E-state index >= 15 is 0 Å². The summed E-state index contributed by atoms with van der Waals surface area (Å²) in [5.74, 6) is -0.351. The van der Waals surface area contributed by atoms with Crippen LogP contribution in [0.15, 0.2) is 52.9 Å². The summed E-state index contributed by atoms with van der Waals surface area (Å²) in [5, 5.41) is 20.9. The Morgan fingerprint density at radius 3 is 2.42 bits per heavy atom. The number of nitrogens with zero attached hydrogens (tertiary/aromatic N) is 3. The summed E-state index contributed by atoms with van der Waals surface area (Å²) in [4.78, 5) is 34.3. The minimum Gasteiger partial charge on any atom is -0.497 e. The zero-order valence-electron chi connectivity index (χ0n) is 16.6. The Labute approximate surface area is 176 Å². The van der Waals surface area contributed by atoms with Crippen LogP contribution in [-0.4, -0.2) is 40.7 Å². The predicted molar refractivity (Wildman–Crippen MR) is 106 cm³/mol. The Morgan fingerprint density at radius 2 is 1.81 bits per heavy atom. The number of nitro benzene ring substituents is 1. The van der Waals surface area contributed by atoms with E-state index in [0.717, 1.165) is 0 Å². The number of hydrogen-bond acceptors (Lipinski definition) is 9. The minimum atomic E-state index is -0.857. The van der Waals surface area contributed by atoms with Crippen LogP contribution in [0, 0.1) is 10.1 Å². The number of non-ortho nitro benzene ring substituents is 1. The summed E-state index contributed by atoms with van der Waals surface area (Å²) in [5.41, 5.74) is 0.781. The molecule has 1 heterocycles. The van der Waals surface area contributed by atoms with Crippen molar-refractivity contribution in [1.82, 2.24) is 15.5 Å². The molecule has 0 aliphatic rings. The minimum absolute atomic E-state index is 0.0446. The van der Waals surface area contributed by atoms with Crippen LogP contribution in [0.4, 0.5) is 5.69 Å². The summed E-state index contributed by atoms with van der Waals surface area (Å²) in [7, 11) is 1.52. The van der Waals surface area contributed by atoms with Crippen LogP contribution in [0.5, 0.6) is 5.75 Å². The summed E-state index contributed by atoms with van der Waals surface area (Å²) in [6.45, 7) is 1.19. The van der Waals surface area contributed by atoms with E-state index in [4.69, 9.17) is 13.9 Å². The van der Waals surface area contributed by atoms with Crippen molar-refractivity contribution in [2.75, 3.05) is 13.7 Å². The molecule has 0 spiro atoms. The van der Waals surface area contributed by atoms with Crippen molar-refractivity contribution in [1.29, 1.82) is 0 Å². The highest BCUT2D eigenvalue weighted by atomic mass is 16.6. The van der Waals surface area contributed by atoms with Gasteiger partial charge in [-0.3, -0.25) is 19.7 Å². The van der Waals surface area contributed by atoms with Gasteiger partial charge in [0.25, 0.3) is 17.5 Å². The average Bonchev–Trinajstić information content (AvgIpc) is 3.28. The lowest BCUT2D eigenvalue weighted by Gasteiger charge is -2.10. The SMILES string of the molecule is COc1ccc(C(=O)NCC(=O)OC(C)c2nnc(-c3ccc([N+](=O)[O-])cc3)o2)cc1. The van der Waals surface area contributed by atoms with Gasteiger partial charge in [0.05, 0.1) is 12.0 Å². The van der Waals surface area contributed by atoms with Crippen molar-refractivity contribution < 1.29 is 28.4 Å². The molecule has 11 heteroatoms. The molecule has 0 bridgehead atoms. The van der Waals surface area contributed by atoms with Crippen molar-refractivity contribution in [2.45, 2.75) is 13.0 Å². The zero-order chi connectivity index (χ0) is 22.4. The monoisotopic (exact) mass is 426 g/mol. The number of aromatic nitrogens is 2. The summed E-state index contributed by atoms with van der Waals surface area (Å²) in [6, 6.07) is 12.0. The largest absolute Gasteiger partial charge is 0.497 e. The fourth-order valence-electron chi connectivity index (χ4n) is 2.53. The highest BCUT2D eigenvalue weighted by Crippen LogP contribution is 2.24. The molecule has 3 rings (SSSR count). The van der Waals surface area contributed by atoms with Crippen LogP contribution < -0.4 is 10.1 Å². The summed E-state index contributed by atoms with van der Waals surface area (Å²) in [6.07, 6.45) is -0.857. The van der Waals surface area contributed by atoms with E-state index in [1.54, 1.807) is 24.3 Å². The molecule has 1 unspecified atom stereocenters. The summed E-state index contributed by atoms with van der Waals surface area (Å²) >= 11 is 0. The van der Waals surface area contributed by atoms with Crippen LogP contribution in [0.3, 0.4) is 0 Å². The van der Waals surface area contributed by atoms with Crippen LogP contribution in [0.25, 0.3) is 11.5 Å². The lowest BCUT2D eigenvalue weighted by Crippen LogP contribution is -2.31. The second-order valence-corrected chi connectivity index (χ2v) is 6.29. The number of methoxy groups -OCH3 is 1. The van der Waals surface area contributed by atoms with Crippen LogP contribution in [0.2, 0.25) is 0 Å². The molecule has 31 heavy (non-hydrogen) atoms. The van der Waals surface area contributed by atoms with E-state index in [-0.39, 0.29) is 24.0 Å². The normalized spacial score (nSPS) is 11.4. The number of carbonyl (C=O) groups is 2. The second-order valence-electron chi connectivity index (χ2n) is 6.29. The number of ether oxygens (including phenoxy) is 2. The van der Waals surface area contributed by atoms with Gasteiger partial charge in [0.1, 0.15) is 12.3 Å². The first-order valence-corrected chi connectivity index (χ1v) is 9.07. The Morgan fingerprint density at radius 1 is 1.13 bits per heavy atom. The molecule has 2 aromatic carbocycles. The molecule has 11 nitrogen and oxygen atoms in total. The maximum absolute atomic E-state index is 12.1. The molecule has 1 N–H and O–H groups in total. The van der Waals surface area contributed by atoms with Crippen molar-refractivity contribution >= 4 is 17.6 Å². The number of amides is 1. The molecule has 0 saturated heterocycles. The third-order valence-electron chi connectivity index (χ3n) is 4.17. The molecule has 0 saturated carbocycles. The molecule has 1 amide bonds. The topological polar surface area (TPSA) is 147 Å². The van der Waals surface area contributed by atoms with E-state index < -0.39 is 22.9 Å². The lowest BCUT2D eigenvalue weighted by molar-refractivity contribution is -0.384. The van der Waals surface area contributed by atoms with Crippen molar-refractivity contribution in [3.63, 3.8) is 0 Å². The van der Waals surface area contributed by atoms with Crippen LogP contribution in [0.1, 0.15) is 29.3 Å². The van der Waals surface area contributed by atoms with Crippen molar-refractivity contribution in [2.24, 2.45) is 0 Å². The Bertz CT molecular complexity index is 1080. The maximum atomic E-state index is 12.1. The Balaban J connectivity index is 1.53. The fourth-order valence-corrected chi connectivity index (χ4v) is 2.53. The van der Waals surface area contributed by atoms with Gasteiger partial charge in [0, 0.05) is 23.3 Å². The smallest absolute Gasteiger partial charge is 0.326 e. The second kappa shape index (κ2) is 9.48. The molecule has 0 radical (unpaired) electrons. The Hall–Kier alpha value is -4.28. The molecular formula is C20H18N4O7. The standard InChI is InChI=1S/C20H18N4O7/c1-12(19-22-23-20(31-19)14-3-7-15(8-4-14)24(27)28)30-17(25)11-21-18(26)13-5-9-16(29-2)10-6-13/h3-10,12H,11H2,1-2H3,(H,21,26). The first kappa shape index (κ1) is 21.4. The number of carbonyl (C=O) groups excluding carboxylic acids is 2. The lowest BCUT2D eigenvalue weighted by atomic mass is 10.2. The van der Waals surface area contributed by atoms with Gasteiger partial charge in [-0.15, -0.1) is 10.2 Å². The first-order valence-electron chi connectivity index (χ1n) is 9.07. The average molecular weight is 426 g/mol. The van der Waals surface area contributed by atoms with Gasteiger partial charge in [0.15, 0.2) is 6.10 Å². The molecule has 1 aromatic heterocycles. The Kier molecular flexibility index (Phi) is 6.55. The van der Waals surface area contributed by atoms with Gasteiger partial charge in [-0.25, -0.2) is 0 Å². The third kappa shape index (κ3) is 5.41. The van der Waals surface area contributed by atoms with Gasteiger partial charge in [0.2, 0.25) is 5.89 Å². The quantitative estimate of drug-likeness (QED) is 0.326. The highest BCUT2D eigenvalue weighted by molar-refractivity contribution is 5.96. The van der Waals surface area contributed by atoms with Gasteiger partial charge < -0.3 is 19.2 Å². The summed E-state index contributed by atoms with van der Waals surface area (Å²) < 4.78 is 15.7. The molecular weight excluding hydrogens is 408 g/mol. The van der Waals surface area contributed by atoms with E-state index in [1.807, 2.05) is 0 Å². The molecule has 0 aliphatic heterocycles. The van der Waals surface area contributed by atoms with Crippen LogP contribution >= 0.6 is 0 Å². The fraction of sp³-hybridized carbons (Fsp3) is 0.200. The van der Waals surface area contributed by atoms with Crippen LogP contribution in [-0.2, 0) is 9.53 Å². The van der Waals surface area contributed by atoms with Gasteiger partial charge >= 0.3 is 5.97 Å². The molecule has 1 atom stereocenters. The maximum Gasteiger partial charge on any atom is 0.326 e. The molecule has 3 aromatic rings. The van der Waals surface area contributed by atoms with Gasteiger partial charge in [-0.1, -0.05) is 0 Å². The number of hydrogen-bond donors (Lipinski definition) is 1. The number of nitro groups is 1. The molecule has 0 fully saturated rings. The number of rotatable bonds is 8. The third-order valence-corrected chi connectivity index (χ3v) is 4.17. The highest BCUT2D eigenvalue weighted by Gasteiger charge is 2.20. The van der Waals surface area contributed by atoms with E-state index in [0.29, 0.717) is 16.9 Å². The van der Waals surface area contributed by atoms with Crippen molar-refractivity contribution in [3.05, 3.63) is 70.1 Å². The molecule has 160 valence electrons. The van der Waals surface area contributed by atoms with E-state index in [1.165, 1.54) is 38.3 Å². The first-order chi connectivity index (χ1) is 14.9. The number of nitrogens with one attached hydrogen (secondary N) is 1. The molecule has 0 aliphatic carbocycles. The zero-order valence-corrected chi connectivity index (χ0v) is 16.6. The van der Waals surface area contributed by atoms with Gasteiger partial charge in [-0.05, 0) is 43.3 Å². The van der Waals surface area contributed by atoms with E-state index in [2.05, 4.69) is 15.5 Å². The van der Waals surface area contributed by atoms with Gasteiger partial charge in [-0.2, -0.15) is 0 Å². The number of esters is 1. The predicted octanol–water partition coefficient (Wildman–Crippen LogP) is 2.69. The van der Waals surface area contributed by atoms with Crippen molar-refractivity contribution in [3.8, 4) is 17.2 Å². The number of benzene rings is 2. The van der Waals surface area contributed by atoms with E-state index in [9.17, 15) is 19.7 Å².